The van der Waals surface area contributed by atoms with Crippen molar-refractivity contribution in [3.05, 3.63) is 52.8 Å². The zero-order chi connectivity index (χ0) is 17.3. The van der Waals surface area contributed by atoms with Crippen molar-refractivity contribution in [2.45, 2.75) is 51.1 Å². The Hall–Kier alpha value is -1.92. The Bertz CT molecular complexity index is 838. The standard InChI is InChI=1S/C18H23N3O2S/c1-12-9-15(10-13(2)20-12)11-19-17-5-4-6-18(14(17)3)24(22,23)21-16-7-8-16/h4-6,9-10,16,19,21H,7-8,11H2,1-3H3. The summed E-state index contributed by atoms with van der Waals surface area (Å²) >= 11 is 0. The van der Waals surface area contributed by atoms with E-state index in [1.807, 2.05) is 39.0 Å². The lowest BCUT2D eigenvalue weighted by atomic mass is 10.1. The fraction of sp³-hybridized carbons (Fsp3) is 0.389. The number of hydrogen-bond acceptors (Lipinski definition) is 4. The molecular formula is C18H23N3O2S. The van der Waals surface area contributed by atoms with Gasteiger partial charge in [0.05, 0.1) is 4.90 Å². The third kappa shape index (κ3) is 3.94. The largest absolute Gasteiger partial charge is 0.381 e. The van der Waals surface area contributed by atoms with Gasteiger partial charge in [0.1, 0.15) is 0 Å². The van der Waals surface area contributed by atoms with E-state index in [9.17, 15) is 8.42 Å². The Morgan fingerprint density at radius 1 is 1.12 bits per heavy atom. The van der Waals surface area contributed by atoms with E-state index in [1.165, 1.54) is 0 Å². The highest BCUT2D eigenvalue weighted by atomic mass is 32.2. The van der Waals surface area contributed by atoms with Gasteiger partial charge in [-0.3, -0.25) is 4.98 Å². The van der Waals surface area contributed by atoms with E-state index in [0.717, 1.165) is 41.0 Å². The normalized spacial score (nSPS) is 14.6. The third-order valence-corrected chi connectivity index (χ3v) is 5.76. The minimum Gasteiger partial charge on any atom is -0.381 e. The molecule has 0 unspecified atom stereocenters. The highest BCUT2D eigenvalue weighted by Gasteiger charge is 2.29. The number of sulfonamides is 1. The summed E-state index contributed by atoms with van der Waals surface area (Å²) in [6, 6.07) is 9.52. The molecule has 1 saturated carbocycles. The first-order chi connectivity index (χ1) is 11.3. The van der Waals surface area contributed by atoms with Crippen LogP contribution in [0.15, 0.2) is 35.2 Å². The Labute approximate surface area is 143 Å². The molecule has 1 aliphatic rings. The summed E-state index contributed by atoms with van der Waals surface area (Å²) in [4.78, 5) is 4.72. The van der Waals surface area contributed by atoms with Crippen molar-refractivity contribution in [2.24, 2.45) is 0 Å². The second kappa shape index (κ2) is 6.53. The molecule has 2 N–H and O–H groups in total. The van der Waals surface area contributed by atoms with Gasteiger partial charge in [-0.15, -0.1) is 0 Å². The molecule has 3 rings (SSSR count). The fourth-order valence-corrected chi connectivity index (χ4v) is 4.37. The molecule has 0 radical (unpaired) electrons. The topological polar surface area (TPSA) is 71.1 Å². The van der Waals surface area contributed by atoms with Gasteiger partial charge in [0.2, 0.25) is 10.0 Å². The SMILES string of the molecule is Cc1cc(CNc2cccc(S(=O)(=O)NC3CC3)c2C)cc(C)n1. The molecule has 5 nitrogen and oxygen atoms in total. The maximum atomic E-state index is 12.5. The first-order valence-corrected chi connectivity index (χ1v) is 9.63. The molecule has 1 aliphatic carbocycles. The number of nitrogens with zero attached hydrogens (tertiary/aromatic N) is 1. The van der Waals surface area contributed by atoms with Gasteiger partial charge in [-0.2, -0.15) is 0 Å². The first-order valence-electron chi connectivity index (χ1n) is 8.15. The van der Waals surface area contributed by atoms with Crippen LogP contribution in [0.4, 0.5) is 5.69 Å². The molecule has 0 saturated heterocycles. The monoisotopic (exact) mass is 345 g/mol. The van der Waals surface area contributed by atoms with Gasteiger partial charge in [-0.05, 0) is 69.0 Å². The van der Waals surface area contributed by atoms with E-state index in [-0.39, 0.29) is 6.04 Å². The summed E-state index contributed by atoms with van der Waals surface area (Å²) in [7, 11) is -3.45. The molecule has 0 spiro atoms. The zero-order valence-corrected chi connectivity index (χ0v) is 15.1. The van der Waals surface area contributed by atoms with Crippen LogP contribution in [0.2, 0.25) is 0 Å². The van der Waals surface area contributed by atoms with Crippen LogP contribution in [0.1, 0.15) is 35.4 Å². The van der Waals surface area contributed by atoms with Crippen molar-refractivity contribution < 1.29 is 8.42 Å². The van der Waals surface area contributed by atoms with Gasteiger partial charge < -0.3 is 5.32 Å². The number of aromatic nitrogens is 1. The molecule has 24 heavy (non-hydrogen) atoms. The Morgan fingerprint density at radius 2 is 1.79 bits per heavy atom. The fourth-order valence-electron chi connectivity index (χ4n) is 2.80. The van der Waals surface area contributed by atoms with E-state index in [2.05, 4.69) is 15.0 Å². The van der Waals surface area contributed by atoms with Gasteiger partial charge in [0.15, 0.2) is 0 Å². The van der Waals surface area contributed by atoms with Crippen LogP contribution in [0.25, 0.3) is 0 Å². The van der Waals surface area contributed by atoms with Crippen LogP contribution in [-0.4, -0.2) is 19.4 Å². The second-order valence-corrected chi connectivity index (χ2v) is 8.12. The van der Waals surface area contributed by atoms with Crippen LogP contribution < -0.4 is 10.0 Å². The number of hydrogen-bond donors (Lipinski definition) is 2. The Balaban J connectivity index is 1.80. The molecule has 0 atom stereocenters. The van der Waals surface area contributed by atoms with Crippen LogP contribution in [0.3, 0.4) is 0 Å². The predicted molar refractivity (Wildman–Crippen MR) is 95.6 cm³/mol. The van der Waals surface area contributed by atoms with E-state index >= 15 is 0 Å². The quantitative estimate of drug-likeness (QED) is 0.844. The lowest BCUT2D eigenvalue weighted by Crippen LogP contribution is -2.26. The number of nitrogens with one attached hydrogen (secondary N) is 2. The lowest BCUT2D eigenvalue weighted by molar-refractivity contribution is 0.580. The molecule has 0 amide bonds. The van der Waals surface area contributed by atoms with Gasteiger partial charge in [-0.25, -0.2) is 13.1 Å². The average Bonchev–Trinajstić information content (AvgIpc) is 3.28. The summed E-state index contributed by atoms with van der Waals surface area (Å²) in [6.07, 6.45) is 1.86. The maximum absolute atomic E-state index is 12.5. The van der Waals surface area contributed by atoms with Crippen LogP contribution >= 0.6 is 0 Å². The van der Waals surface area contributed by atoms with Crippen molar-refractivity contribution in [3.63, 3.8) is 0 Å². The van der Waals surface area contributed by atoms with Crippen molar-refractivity contribution in [1.82, 2.24) is 9.71 Å². The molecule has 1 heterocycles. The molecule has 2 aromatic rings. The smallest absolute Gasteiger partial charge is 0.241 e. The molecule has 1 aromatic heterocycles. The van der Waals surface area contributed by atoms with E-state index in [4.69, 9.17) is 0 Å². The molecule has 6 heteroatoms. The highest BCUT2D eigenvalue weighted by molar-refractivity contribution is 7.89. The molecule has 0 aliphatic heterocycles. The van der Waals surface area contributed by atoms with Crippen LogP contribution in [0, 0.1) is 20.8 Å². The van der Waals surface area contributed by atoms with Gasteiger partial charge in [0.25, 0.3) is 0 Å². The minimum absolute atomic E-state index is 0.105. The van der Waals surface area contributed by atoms with Gasteiger partial charge >= 0.3 is 0 Å². The maximum Gasteiger partial charge on any atom is 0.241 e. The second-order valence-electron chi connectivity index (χ2n) is 6.44. The minimum atomic E-state index is -3.45. The lowest BCUT2D eigenvalue weighted by Gasteiger charge is -2.14. The Kier molecular flexibility index (Phi) is 4.60. The molecular weight excluding hydrogens is 322 g/mol. The van der Waals surface area contributed by atoms with Crippen LogP contribution in [-0.2, 0) is 16.6 Å². The predicted octanol–water partition coefficient (Wildman–Crippen LogP) is 3.06. The average molecular weight is 345 g/mol. The Morgan fingerprint density at radius 3 is 2.42 bits per heavy atom. The van der Waals surface area contributed by atoms with Crippen molar-refractivity contribution in [2.75, 3.05) is 5.32 Å². The van der Waals surface area contributed by atoms with Gasteiger partial charge in [0, 0.05) is 29.7 Å². The van der Waals surface area contributed by atoms with E-state index < -0.39 is 10.0 Å². The number of benzene rings is 1. The molecule has 0 bridgehead atoms. The van der Waals surface area contributed by atoms with Crippen LogP contribution in [0.5, 0.6) is 0 Å². The number of pyridine rings is 1. The van der Waals surface area contributed by atoms with Crippen molar-refractivity contribution >= 4 is 15.7 Å². The first kappa shape index (κ1) is 16.9. The number of rotatable bonds is 6. The number of aryl methyl sites for hydroxylation is 2. The summed E-state index contributed by atoms with van der Waals surface area (Å²) in [5, 5.41) is 3.35. The molecule has 1 aromatic carbocycles. The van der Waals surface area contributed by atoms with Crippen molar-refractivity contribution in [1.29, 1.82) is 0 Å². The van der Waals surface area contributed by atoms with Gasteiger partial charge in [-0.1, -0.05) is 6.07 Å². The number of anilines is 1. The van der Waals surface area contributed by atoms with E-state index in [0.29, 0.717) is 11.4 Å². The third-order valence-electron chi connectivity index (χ3n) is 4.10. The van der Waals surface area contributed by atoms with Crippen molar-refractivity contribution in [3.8, 4) is 0 Å². The van der Waals surface area contributed by atoms with E-state index in [1.54, 1.807) is 12.1 Å². The summed E-state index contributed by atoms with van der Waals surface area (Å²) in [6.45, 7) is 6.41. The molecule has 1 fully saturated rings. The summed E-state index contributed by atoms with van der Waals surface area (Å²) in [5.74, 6) is 0. The highest BCUT2D eigenvalue weighted by Crippen LogP contribution is 2.27. The summed E-state index contributed by atoms with van der Waals surface area (Å²) in [5.41, 5.74) is 4.67. The zero-order valence-electron chi connectivity index (χ0n) is 14.3. The summed E-state index contributed by atoms with van der Waals surface area (Å²) < 4.78 is 27.7. The molecule has 128 valence electrons.